The molecule has 1 rings (SSSR count). The van der Waals surface area contributed by atoms with E-state index in [9.17, 15) is 0 Å². The highest BCUT2D eigenvalue weighted by atomic mass is 79.9. The first kappa shape index (κ1) is 9.55. The molecule has 2 nitrogen and oxygen atoms in total. The summed E-state index contributed by atoms with van der Waals surface area (Å²) in [5, 5.41) is 12.9. The lowest BCUT2D eigenvalue weighted by molar-refractivity contribution is 0.319. The van der Waals surface area contributed by atoms with E-state index in [0.717, 1.165) is 5.56 Å². The minimum absolute atomic E-state index is 0.519. The monoisotopic (exact) mass is 247 g/mol. The number of hydrogen-bond donors (Lipinski definition) is 1. The predicted molar refractivity (Wildman–Crippen MR) is 53.6 cm³/mol. The Morgan fingerprint density at radius 2 is 2.00 bits per heavy atom. The molecule has 0 atom stereocenters. The van der Waals surface area contributed by atoms with Crippen LogP contribution in [0.3, 0.4) is 0 Å². The van der Waals surface area contributed by atoms with Crippen molar-refractivity contribution in [1.29, 1.82) is 0 Å². The van der Waals surface area contributed by atoms with Gasteiger partial charge in [0.05, 0.1) is 5.71 Å². The van der Waals surface area contributed by atoms with Crippen LogP contribution < -0.4 is 0 Å². The van der Waals surface area contributed by atoms with Crippen molar-refractivity contribution >= 4 is 33.2 Å². The number of alkyl halides is 1. The first-order chi connectivity index (χ1) is 5.77. The molecule has 0 aliphatic rings. The molecule has 0 aliphatic heterocycles. The van der Waals surface area contributed by atoms with Crippen LogP contribution in [-0.4, -0.2) is 16.2 Å². The smallest absolute Gasteiger partial charge is 0.0973 e. The average molecular weight is 249 g/mol. The summed E-state index contributed by atoms with van der Waals surface area (Å²) >= 11 is 8.90. The highest BCUT2D eigenvalue weighted by molar-refractivity contribution is 9.09. The molecule has 0 amide bonds. The number of rotatable bonds is 2. The van der Waals surface area contributed by atoms with E-state index in [1.54, 1.807) is 24.3 Å². The molecular weight excluding hydrogens is 241 g/mol. The normalized spacial score (nSPS) is 11.7. The fraction of sp³-hybridized carbons (Fsp3) is 0.125. The fourth-order valence-corrected chi connectivity index (χ4v) is 1.37. The van der Waals surface area contributed by atoms with Gasteiger partial charge in [0.2, 0.25) is 0 Å². The van der Waals surface area contributed by atoms with Crippen molar-refractivity contribution in [3.63, 3.8) is 0 Å². The highest BCUT2D eigenvalue weighted by Crippen LogP contribution is 2.11. The summed E-state index contributed by atoms with van der Waals surface area (Å²) in [5.41, 5.74) is 1.45. The third-order valence-corrected chi connectivity index (χ3v) is 2.21. The second-order valence-electron chi connectivity index (χ2n) is 2.19. The molecule has 0 aromatic heterocycles. The molecule has 12 heavy (non-hydrogen) atoms. The van der Waals surface area contributed by atoms with Gasteiger partial charge in [-0.25, -0.2) is 0 Å². The standard InChI is InChI=1S/C8H7BrClNO/c9-5-8(11-12)6-1-3-7(10)4-2-6/h1-4,12H,5H2/b11-8-. The Balaban J connectivity index is 2.96. The molecule has 64 valence electrons. The van der Waals surface area contributed by atoms with Gasteiger partial charge in [-0.3, -0.25) is 0 Å². The van der Waals surface area contributed by atoms with E-state index in [1.807, 2.05) is 0 Å². The lowest BCUT2D eigenvalue weighted by Crippen LogP contribution is -2.01. The zero-order chi connectivity index (χ0) is 8.97. The Labute approximate surface area is 84.0 Å². The van der Waals surface area contributed by atoms with Crippen LogP contribution in [0.2, 0.25) is 5.02 Å². The lowest BCUT2D eigenvalue weighted by atomic mass is 10.1. The molecule has 1 N–H and O–H groups in total. The fourth-order valence-electron chi connectivity index (χ4n) is 0.804. The zero-order valence-electron chi connectivity index (χ0n) is 6.17. The second-order valence-corrected chi connectivity index (χ2v) is 3.18. The first-order valence-corrected chi connectivity index (χ1v) is 4.80. The van der Waals surface area contributed by atoms with Gasteiger partial charge in [-0.1, -0.05) is 44.8 Å². The third kappa shape index (κ3) is 2.22. The third-order valence-electron chi connectivity index (χ3n) is 1.42. The first-order valence-electron chi connectivity index (χ1n) is 3.30. The summed E-state index contributed by atoms with van der Waals surface area (Å²) in [5.74, 6) is 0. The average Bonchev–Trinajstić information content (AvgIpc) is 2.10. The van der Waals surface area contributed by atoms with Gasteiger partial charge in [0.1, 0.15) is 0 Å². The van der Waals surface area contributed by atoms with Crippen LogP contribution in [0.4, 0.5) is 0 Å². The maximum Gasteiger partial charge on any atom is 0.0973 e. The number of halogens is 2. The summed E-state index contributed by atoms with van der Waals surface area (Å²) in [6.07, 6.45) is 0. The van der Waals surface area contributed by atoms with E-state index in [-0.39, 0.29) is 0 Å². The lowest BCUT2D eigenvalue weighted by Gasteiger charge is -1.99. The Kier molecular flexibility index (Phi) is 3.56. The minimum Gasteiger partial charge on any atom is -0.411 e. The van der Waals surface area contributed by atoms with Crippen molar-refractivity contribution in [2.45, 2.75) is 0 Å². The van der Waals surface area contributed by atoms with Gasteiger partial charge in [-0.15, -0.1) is 0 Å². The van der Waals surface area contributed by atoms with Gasteiger partial charge >= 0.3 is 0 Å². The van der Waals surface area contributed by atoms with Crippen LogP contribution >= 0.6 is 27.5 Å². The Morgan fingerprint density at radius 3 is 2.42 bits per heavy atom. The van der Waals surface area contributed by atoms with E-state index in [0.29, 0.717) is 16.1 Å². The van der Waals surface area contributed by atoms with Crippen molar-refractivity contribution in [2.75, 3.05) is 5.33 Å². The largest absolute Gasteiger partial charge is 0.411 e. The van der Waals surface area contributed by atoms with Crippen molar-refractivity contribution in [3.8, 4) is 0 Å². The Bertz CT molecular complexity index is 284. The van der Waals surface area contributed by atoms with Crippen molar-refractivity contribution in [3.05, 3.63) is 34.9 Å². The van der Waals surface area contributed by atoms with Crippen LogP contribution in [-0.2, 0) is 0 Å². The van der Waals surface area contributed by atoms with E-state index >= 15 is 0 Å². The summed E-state index contributed by atoms with van der Waals surface area (Å²) in [6, 6.07) is 7.12. The number of oxime groups is 1. The predicted octanol–water partition coefficient (Wildman–Crippen LogP) is 2.91. The number of benzene rings is 1. The van der Waals surface area contributed by atoms with Crippen LogP contribution in [0, 0.1) is 0 Å². The molecule has 0 spiro atoms. The minimum atomic E-state index is 0.519. The molecule has 4 heteroatoms. The molecule has 0 heterocycles. The number of nitrogens with zero attached hydrogens (tertiary/aromatic N) is 1. The number of hydrogen-bond acceptors (Lipinski definition) is 2. The summed E-state index contributed by atoms with van der Waals surface area (Å²) in [7, 11) is 0. The quantitative estimate of drug-likeness (QED) is 0.371. The van der Waals surface area contributed by atoms with Gasteiger partial charge < -0.3 is 5.21 Å². The molecule has 0 saturated carbocycles. The van der Waals surface area contributed by atoms with Crippen molar-refractivity contribution in [1.82, 2.24) is 0 Å². The van der Waals surface area contributed by atoms with E-state index in [1.165, 1.54) is 0 Å². The second kappa shape index (κ2) is 4.48. The van der Waals surface area contributed by atoms with Gasteiger partial charge in [-0.2, -0.15) is 0 Å². The van der Waals surface area contributed by atoms with Gasteiger partial charge in [0.25, 0.3) is 0 Å². The molecular formula is C8H7BrClNO. The topological polar surface area (TPSA) is 32.6 Å². The van der Waals surface area contributed by atoms with E-state index < -0.39 is 0 Å². The SMILES string of the molecule is O/N=C(/CBr)c1ccc(Cl)cc1. The molecule has 0 aliphatic carbocycles. The zero-order valence-corrected chi connectivity index (χ0v) is 8.51. The van der Waals surface area contributed by atoms with Crippen LogP contribution in [0.1, 0.15) is 5.56 Å². The van der Waals surface area contributed by atoms with Crippen LogP contribution in [0.15, 0.2) is 29.4 Å². The molecule has 0 unspecified atom stereocenters. The maximum atomic E-state index is 8.57. The molecule has 0 radical (unpaired) electrons. The molecule has 1 aromatic rings. The summed E-state index contributed by atoms with van der Waals surface area (Å²) in [6.45, 7) is 0. The van der Waals surface area contributed by atoms with Crippen molar-refractivity contribution in [2.24, 2.45) is 5.16 Å². The van der Waals surface area contributed by atoms with Crippen molar-refractivity contribution < 1.29 is 5.21 Å². The van der Waals surface area contributed by atoms with Gasteiger partial charge in [0.15, 0.2) is 0 Å². The van der Waals surface area contributed by atoms with Crippen LogP contribution in [0.5, 0.6) is 0 Å². The molecule has 0 saturated heterocycles. The van der Waals surface area contributed by atoms with Gasteiger partial charge in [-0.05, 0) is 12.1 Å². The van der Waals surface area contributed by atoms with Gasteiger partial charge in [0, 0.05) is 15.9 Å². The summed E-state index contributed by atoms with van der Waals surface area (Å²) in [4.78, 5) is 0. The maximum absolute atomic E-state index is 8.57. The van der Waals surface area contributed by atoms with E-state index in [2.05, 4.69) is 21.1 Å². The molecule has 0 bridgehead atoms. The summed E-state index contributed by atoms with van der Waals surface area (Å²) < 4.78 is 0. The Morgan fingerprint density at radius 1 is 1.42 bits per heavy atom. The molecule has 1 aromatic carbocycles. The highest BCUT2D eigenvalue weighted by Gasteiger charge is 2.00. The molecule has 0 fully saturated rings. The van der Waals surface area contributed by atoms with E-state index in [4.69, 9.17) is 16.8 Å². The Hall–Kier alpha value is -0.540. The van der Waals surface area contributed by atoms with Crippen LogP contribution in [0.25, 0.3) is 0 Å².